The standard InChI is InChI=1S/C16H17F3N4OS/c1-9-3-4-10(25-9)7-21-16(20-2)22-8-13(24)23-12-6-5-11(17)14(18)15(12)19/h3-6H,7-8H2,1-2H3,(H,23,24)(H2,20,21,22). The van der Waals surface area contributed by atoms with E-state index >= 15 is 0 Å². The summed E-state index contributed by atoms with van der Waals surface area (Å²) in [4.78, 5) is 18.1. The number of benzene rings is 1. The number of carbonyl (C=O) groups is 1. The summed E-state index contributed by atoms with van der Waals surface area (Å²) in [6.07, 6.45) is 0. The highest BCUT2D eigenvalue weighted by Gasteiger charge is 2.15. The van der Waals surface area contributed by atoms with Crippen molar-refractivity contribution in [2.75, 3.05) is 18.9 Å². The van der Waals surface area contributed by atoms with Crippen LogP contribution in [0, 0.1) is 24.4 Å². The summed E-state index contributed by atoms with van der Waals surface area (Å²) in [5.41, 5.74) is -0.428. The van der Waals surface area contributed by atoms with Crippen LogP contribution < -0.4 is 16.0 Å². The molecule has 9 heteroatoms. The molecule has 25 heavy (non-hydrogen) atoms. The molecule has 0 fully saturated rings. The average Bonchev–Trinajstić information content (AvgIpc) is 3.01. The molecule has 2 aromatic rings. The topological polar surface area (TPSA) is 65.5 Å². The molecule has 0 aliphatic heterocycles. The molecule has 0 aliphatic carbocycles. The molecule has 0 aliphatic rings. The normalized spacial score (nSPS) is 11.3. The van der Waals surface area contributed by atoms with Gasteiger partial charge in [0.2, 0.25) is 5.91 Å². The van der Waals surface area contributed by atoms with Crippen molar-refractivity contribution >= 4 is 28.9 Å². The van der Waals surface area contributed by atoms with Gasteiger partial charge in [0.15, 0.2) is 23.4 Å². The van der Waals surface area contributed by atoms with Crippen molar-refractivity contribution in [3.63, 3.8) is 0 Å². The molecular formula is C16H17F3N4OS. The van der Waals surface area contributed by atoms with E-state index in [0.717, 1.165) is 17.0 Å². The summed E-state index contributed by atoms with van der Waals surface area (Å²) in [6.45, 7) is 2.32. The maximum absolute atomic E-state index is 13.5. The van der Waals surface area contributed by atoms with E-state index in [4.69, 9.17) is 0 Å². The number of nitrogens with zero attached hydrogens (tertiary/aromatic N) is 1. The average molecular weight is 370 g/mol. The number of nitrogens with one attached hydrogen (secondary N) is 3. The molecule has 134 valence electrons. The van der Waals surface area contributed by atoms with E-state index in [0.29, 0.717) is 12.5 Å². The fourth-order valence-electron chi connectivity index (χ4n) is 1.95. The molecule has 0 radical (unpaired) electrons. The van der Waals surface area contributed by atoms with Gasteiger partial charge in [-0.15, -0.1) is 11.3 Å². The Morgan fingerprint density at radius 3 is 2.52 bits per heavy atom. The van der Waals surface area contributed by atoms with E-state index in [1.165, 1.54) is 4.88 Å². The lowest BCUT2D eigenvalue weighted by Gasteiger charge is -2.12. The van der Waals surface area contributed by atoms with Crippen LogP contribution in [0.3, 0.4) is 0 Å². The van der Waals surface area contributed by atoms with E-state index in [1.54, 1.807) is 18.4 Å². The molecule has 2 rings (SSSR count). The molecule has 0 saturated heterocycles. The SMILES string of the molecule is CN=C(NCC(=O)Nc1ccc(F)c(F)c1F)NCc1ccc(C)s1. The molecule has 1 amide bonds. The highest BCUT2D eigenvalue weighted by Crippen LogP contribution is 2.19. The molecule has 1 aromatic heterocycles. The van der Waals surface area contributed by atoms with Gasteiger partial charge in [0, 0.05) is 16.8 Å². The Hall–Kier alpha value is -2.55. The molecular weight excluding hydrogens is 353 g/mol. The van der Waals surface area contributed by atoms with E-state index in [9.17, 15) is 18.0 Å². The van der Waals surface area contributed by atoms with Crippen LogP contribution in [-0.2, 0) is 11.3 Å². The largest absolute Gasteiger partial charge is 0.352 e. The van der Waals surface area contributed by atoms with Crippen LogP contribution >= 0.6 is 11.3 Å². The van der Waals surface area contributed by atoms with Crippen molar-refractivity contribution in [3.8, 4) is 0 Å². The number of aliphatic imine (C=N–C) groups is 1. The van der Waals surface area contributed by atoms with Crippen LogP contribution in [0.5, 0.6) is 0 Å². The fourth-order valence-corrected chi connectivity index (χ4v) is 2.78. The van der Waals surface area contributed by atoms with Gasteiger partial charge in [0.05, 0.1) is 18.8 Å². The lowest BCUT2D eigenvalue weighted by Crippen LogP contribution is -2.41. The number of carbonyl (C=O) groups excluding carboxylic acids is 1. The summed E-state index contributed by atoms with van der Waals surface area (Å²) in [5.74, 6) is -4.63. The lowest BCUT2D eigenvalue weighted by atomic mass is 10.2. The summed E-state index contributed by atoms with van der Waals surface area (Å²) in [5, 5.41) is 7.96. The number of guanidine groups is 1. The molecule has 0 saturated carbocycles. The van der Waals surface area contributed by atoms with Crippen LogP contribution in [0.2, 0.25) is 0 Å². The summed E-state index contributed by atoms with van der Waals surface area (Å²) < 4.78 is 39.5. The summed E-state index contributed by atoms with van der Waals surface area (Å²) in [6, 6.07) is 5.68. The van der Waals surface area contributed by atoms with Crippen LogP contribution in [-0.4, -0.2) is 25.5 Å². The van der Waals surface area contributed by atoms with Crippen LogP contribution in [0.15, 0.2) is 29.3 Å². The number of thiophene rings is 1. The molecule has 0 unspecified atom stereocenters. The van der Waals surface area contributed by atoms with E-state index in [-0.39, 0.29) is 6.54 Å². The van der Waals surface area contributed by atoms with Gasteiger partial charge in [-0.2, -0.15) is 0 Å². The maximum atomic E-state index is 13.5. The second kappa shape index (κ2) is 8.52. The third-order valence-electron chi connectivity index (χ3n) is 3.18. The third-order valence-corrected chi connectivity index (χ3v) is 4.18. The Morgan fingerprint density at radius 1 is 1.12 bits per heavy atom. The second-order valence-electron chi connectivity index (χ2n) is 5.06. The monoisotopic (exact) mass is 370 g/mol. The van der Waals surface area contributed by atoms with Crippen LogP contribution in [0.1, 0.15) is 9.75 Å². The number of anilines is 1. The van der Waals surface area contributed by atoms with Crippen molar-refractivity contribution in [2.24, 2.45) is 4.99 Å². The van der Waals surface area contributed by atoms with Crippen LogP contribution in [0.25, 0.3) is 0 Å². The first kappa shape index (κ1) is 18.8. The number of hydrogen-bond acceptors (Lipinski definition) is 3. The van der Waals surface area contributed by atoms with Crippen LogP contribution in [0.4, 0.5) is 18.9 Å². The first-order valence-corrected chi connectivity index (χ1v) is 8.15. The van der Waals surface area contributed by atoms with E-state index in [1.807, 2.05) is 19.1 Å². The van der Waals surface area contributed by atoms with E-state index < -0.39 is 29.0 Å². The minimum Gasteiger partial charge on any atom is -0.352 e. The maximum Gasteiger partial charge on any atom is 0.243 e. The van der Waals surface area contributed by atoms with Gasteiger partial charge in [-0.1, -0.05) is 0 Å². The zero-order valence-corrected chi connectivity index (χ0v) is 14.4. The smallest absolute Gasteiger partial charge is 0.243 e. The first-order valence-electron chi connectivity index (χ1n) is 7.34. The number of aryl methyl sites for hydroxylation is 1. The van der Waals surface area contributed by atoms with Crippen molar-refractivity contribution in [2.45, 2.75) is 13.5 Å². The van der Waals surface area contributed by atoms with E-state index in [2.05, 4.69) is 20.9 Å². The Bertz CT molecular complexity index is 792. The second-order valence-corrected chi connectivity index (χ2v) is 6.44. The molecule has 5 nitrogen and oxygen atoms in total. The molecule has 1 heterocycles. The fraction of sp³-hybridized carbons (Fsp3) is 0.250. The number of hydrogen-bond donors (Lipinski definition) is 3. The molecule has 0 bridgehead atoms. The quantitative estimate of drug-likeness (QED) is 0.431. The van der Waals surface area contributed by atoms with Crippen molar-refractivity contribution in [1.82, 2.24) is 10.6 Å². The van der Waals surface area contributed by atoms with Gasteiger partial charge in [0.1, 0.15) is 0 Å². The first-order chi connectivity index (χ1) is 11.9. The highest BCUT2D eigenvalue weighted by molar-refractivity contribution is 7.11. The lowest BCUT2D eigenvalue weighted by molar-refractivity contribution is -0.115. The Labute approximate surface area is 147 Å². The number of halogens is 3. The Morgan fingerprint density at radius 2 is 1.88 bits per heavy atom. The van der Waals surface area contributed by atoms with Gasteiger partial charge in [-0.3, -0.25) is 9.79 Å². The van der Waals surface area contributed by atoms with Crippen molar-refractivity contribution < 1.29 is 18.0 Å². The van der Waals surface area contributed by atoms with Gasteiger partial charge in [-0.25, -0.2) is 13.2 Å². The molecule has 0 spiro atoms. The summed E-state index contributed by atoms with van der Waals surface area (Å²) in [7, 11) is 1.54. The molecule has 1 aromatic carbocycles. The van der Waals surface area contributed by atoms with Gasteiger partial charge < -0.3 is 16.0 Å². The van der Waals surface area contributed by atoms with Crippen molar-refractivity contribution in [3.05, 3.63) is 51.5 Å². The zero-order valence-electron chi connectivity index (χ0n) is 13.6. The molecule has 0 atom stereocenters. The third kappa shape index (κ3) is 5.21. The predicted molar refractivity (Wildman–Crippen MR) is 92.2 cm³/mol. The zero-order chi connectivity index (χ0) is 18.4. The van der Waals surface area contributed by atoms with Gasteiger partial charge in [0.25, 0.3) is 0 Å². The minimum atomic E-state index is -1.63. The number of rotatable bonds is 5. The minimum absolute atomic E-state index is 0.221. The Kier molecular flexibility index (Phi) is 6.40. The highest BCUT2D eigenvalue weighted by atomic mass is 32.1. The van der Waals surface area contributed by atoms with Gasteiger partial charge >= 0.3 is 0 Å². The Balaban J connectivity index is 1.84. The van der Waals surface area contributed by atoms with Gasteiger partial charge in [-0.05, 0) is 31.2 Å². The summed E-state index contributed by atoms with van der Waals surface area (Å²) >= 11 is 1.64. The number of amides is 1. The molecule has 3 N–H and O–H groups in total. The predicted octanol–water partition coefficient (Wildman–Crippen LogP) is 2.78. The van der Waals surface area contributed by atoms with Crippen molar-refractivity contribution in [1.29, 1.82) is 0 Å².